The molecule has 0 unspecified atom stereocenters. The average molecular weight is 250 g/mol. The molecule has 0 aliphatic carbocycles. The summed E-state index contributed by atoms with van der Waals surface area (Å²) in [6, 6.07) is 1.60. The van der Waals surface area contributed by atoms with Gasteiger partial charge in [0, 0.05) is 0 Å². The molecule has 0 saturated carbocycles. The third-order valence-electron chi connectivity index (χ3n) is 1.73. The van der Waals surface area contributed by atoms with Gasteiger partial charge >= 0.3 is 98.8 Å². The van der Waals surface area contributed by atoms with Gasteiger partial charge in [-0.05, 0) is 0 Å². The predicted octanol–water partition coefficient (Wildman–Crippen LogP) is 1.33. The number of benzene rings is 1. The molecule has 0 aliphatic rings. The van der Waals surface area contributed by atoms with Crippen LogP contribution in [0.1, 0.15) is 11.1 Å². The molecule has 0 aromatic heterocycles. The van der Waals surface area contributed by atoms with Crippen molar-refractivity contribution in [3.05, 3.63) is 29.3 Å². The summed E-state index contributed by atoms with van der Waals surface area (Å²) >= 11 is 0.138. The Morgan fingerprint density at radius 1 is 0.750 bits per heavy atom. The molecule has 0 N–H and O–H groups in total. The van der Waals surface area contributed by atoms with Crippen molar-refractivity contribution < 1.29 is 26.3 Å². The first-order valence-electron chi connectivity index (χ1n) is 3.87. The average Bonchev–Trinajstić information content (AvgIpc) is 1.99. The van der Waals surface area contributed by atoms with Crippen LogP contribution < -0.4 is 2.81 Å². The second-order valence-corrected chi connectivity index (χ2v) is 4.24. The Labute approximate surface area is 107 Å². The Balaban J connectivity index is 0.00000225. The minimum absolute atomic E-state index is 0. The third-order valence-corrected chi connectivity index (χ3v) is 2.31. The van der Waals surface area contributed by atoms with Crippen LogP contribution in [-0.4, -0.2) is 36.3 Å². The van der Waals surface area contributed by atoms with Gasteiger partial charge in [0.1, 0.15) is 0 Å². The van der Waals surface area contributed by atoms with E-state index < -0.39 is 23.5 Å². The minimum atomic E-state index is -4.74. The molecule has 0 saturated heterocycles. The van der Waals surface area contributed by atoms with E-state index in [2.05, 4.69) is 0 Å². The van der Waals surface area contributed by atoms with Crippen molar-refractivity contribution in [1.29, 1.82) is 0 Å². The Morgan fingerprint density at radius 2 is 1.06 bits per heavy atom. The molecule has 1 aromatic carbocycles. The molecule has 1 aromatic rings. The molecular formula is C8H6BF6Na. The summed E-state index contributed by atoms with van der Waals surface area (Å²) in [6.45, 7) is 0. The van der Waals surface area contributed by atoms with E-state index in [1.807, 2.05) is 0 Å². The normalized spacial score (nSPS) is 12.2. The van der Waals surface area contributed by atoms with Crippen molar-refractivity contribution in [1.82, 2.24) is 0 Å². The summed E-state index contributed by atoms with van der Waals surface area (Å²) in [5.74, 6) is 0. The maximum atomic E-state index is 12.2. The molecule has 0 heterocycles. The van der Waals surface area contributed by atoms with Crippen LogP contribution in [0.15, 0.2) is 18.2 Å². The molecule has 0 aliphatic heterocycles. The molecule has 1 rings (SSSR count). The van der Waals surface area contributed by atoms with E-state index in [1.54, 1.807) is 0 Å². The van der Waals surface area contributed by atoms with Crippen LogP contribution in [0.3, 0.4) is 0 Å². The number of halogens is 6. The van der Waals surface area contributed by atoms with Gasteiger partial charge in [0.2, 0.25) is 0 Å². The van der Waals surface area contributed by atoms with E-state index in [4.69, 9.17) is 0 Å². The van der Waals surface area contributed by atoms with Crippen LogP contribution in [-0.2, 0) is 12.4 Å². The summed E-state index contributed by atoms with van der Waals surface area (Å²) in [7, 11) is 0. The van der Waals surface area contributed by atoms with Gasteiger partial charge in [0.25, 0.3) is 0 Å². The fourth-order valence-corrected chi connectivity index (χ4v) is 1.73. The first kappa shape index (κ1) is 15.9. The van der Waals surface area contributed by atoms with Crippen LogP contribution in [0.25, 0.3) is 0 Å². The zero-order chi connectivity index (χ0) is 11.9. The fourth-order valence-electron chi connectivity index (χ4n) is 1.11. The van der Waals surface area contributed by atoms with Crippen molar-refractivity contribution in [2.24, 2.45) is 0 Å². The van der Waals surface area contributed by atoms with E-state index in [1.165, 1.54) is 0 Å². The van der Waals surface area contributed by atoms with Crippen molar-refractivity contribution in [2.45, 2.75) is 12.4 Å². The van der Waals surface area contributed by atoms with Gasteiger partial charge in [-0.25, -0.2) is 0 Å². The van der Waals surface area contributed by atoms with E-state index in [0.29, 0.717) is 0 Å². The van der Waals surface area contributed by atoms with Crippen molar-refractivity contribution in [3.8, 4) is 0 Å². The number of rotatable bonds is 0. The summed E-state index contributed by atoms with van der Waals surface area (Å²) in [6.07, 6.45) is -9.47. The van der Waals surface area contributed by atoms with Crippen molar-refractivity contribution in [3.63, 3.8) is 0 Å². The SMILES string of the molecule is B.FC(F)(F)c1c[c]([Na])cc(C(F)(F)F)c1. The molecule has 8 heteroatoms. The van der Waals surface area contributed by atoms with Crippen LogP contribution in [0, 0.1) is 0 Å². The fraction of sp³-hybridized carbons (Fsp3) is 0.250. The second kappa shape index (κ2) is 5.02. The van der Waals surface area contributed by atoms with E-state index in [0.717, 1.165) is 12.1 Å². The van der Waals surface area contributed by atoms with Crippen molar-refractivity contribution in [2.75, 3.05) is 0 Å². The summed E-state index contributed by atoms with van der Waals surface area (Å²) < 4.78 is 73.2. The molecule has 0 radical (unpaired) electrons. The molecule has 16 heavy (non-hydrogen) atoms. The van der Waals surface area contributed by atoms with Gasteiger partial charge < -0.3 is 0 Å². The zero-order valence-electron chi connectivity index (χ0n) is 7.50. The van der Waals surface area contributed by atoms with Crippen LogP contribution in [0.2, 0.25) is 0 Å². The molecule has 0 fully saturated rings. The zero-order valence-corrected chi connectivity index (χ0v) is 9.50. The molecule has 0 bridgehead atoms. The second-order valence-electron chi connectivity index (χ2n) is 3.08. The van der Waals surface area contributed by atoms with E-state index in [9.17, 15) is 26.3 Å². The predicted molar refractivity (Wildman–Crippen MR) is 51.8 cm³/mol. The number of alkyl halides is 6. The Kier molecular flexibility index (Phi) is 4.98. The van der Waals surface area contributed by atoms with Crippen molar-refractivity contribution >= 4 is 39.2 Å². The molecular weight excluding hydrogens is 244 g/mol. The first-order valence-corrected chi connectivity index (χ1v) is 4.87. The Morgan fingerprint density at radius 3 is 1.31 bits per heavy atom. The first-order chi connectivity index (χ1) is 6.60. The van der Waals surface area contributed by atoms with Crippen LogP contribution in [0.5, 0.6) is 0 Å². The van der Waals surface area contributed by atoms with Gasteiger partial charge in [0.05, 0.1) is 8.41 Å². The van der Waals surface area contributed by atoms with Crippen LogP contribution >= 0.6 is 0 Å². The summed E-state index contributed by atoms with van der Waals surface area (Å²) in [5.41, 5.74) is -2.50. The van der Waals surface area contributed by atoms with Gasteiger partial charge in [0.15, 0.2) is 0 Å². The Bertz CT molecular complexity index is 338. The standard InChI is InChI=1S/C8H3F6.BH3.Na/c9-7(10,11)5-2-1-3-6(4-5)8(12,13)14;;/h2-4H;1H3;. The third kappa shape index (κ3) is 4.03. The van der Waals surface area contributed by atoms with Gasteiger partial charge in [-0.3, -0.25) is 0 Å². The quantitative estimate of drug-likeness (QED) is 0.481. The van der Waals surface area contributed by atoms with Gasteiger partial charge in [-0.15, -0.1) is 0 Å². The molecule has 84 valence electrons. The molecule has 0 atom stereocenters. The monoisotopic (exact) mass is 250 g/mol. The maximum absolute atomic E-state index is 12.2. The Hall–Kier alpha value is -0.135. The van der Waals surface area contributed by atoms with Crippen LogP contribution in [0.4, 0.5) is 26.3 Å². The topological polar surface area (TPSA) is 0 Å². The summed E-state index contributed by atoms with van der Waals surface area (Å²) in [5, 5.41) is 0. The molecule has 0 spiro atoms. The van der Waals surface area contributed by atoms with E-state index >= 15 is 0 Å². The van der Waals surface area contributed by atoms with E-state index in [-0.39, 0.29) is 45.2 Å². The molecule has 0 nitrogen and oxygen atoms in total. The number of hydrogen-bond acceptors (Lipinski definition) is 0. The number of hydrogen-bond donors (Lipinski definition) is 0. The van der Waals surface area contributed by atoms with Gasteiger partial charge in [-0.2, -0.15) is 0 Å². The van der Waals surface area contributed by atoms with Gasteiger partial charge in [-0.1, -0.05) is 0 Å². The summed E-state index contributed by atoms with van der Waals surface area (Å²) in [4.78, 5) is 0. The molecule has 0 amide bonds.